The fourth-order valence-corrected chi connectivity index (χ4v) is 7.67. The zero-order chi connectivity index (χ0) is 27.6. The summed E-state index contributed by atoms with van der Waals surface area (Å²) in [6.07, 6.45) is 0. The first-order chi connectivity index (χ1) is 20.1. The van der Waals surface area contributed by atoms with Crippen molar-refractivity contribution < 1.29 is 0 Å². The highest BCUT2D eigenvalue weighted by molar-refractivity contribution is 7.26. The molecule has 0 radical (unpaired) electrons. The van der Waals surface area contributed by atoms with Gasteiger partial charge in [-0.2, -0.15) is 0 Å². The Hall–Kier alpha value is -4.66. The molecule has 0 fully saturated rings. The lowest BCUT2D eigenvalue weighted by atomic mass is 9.81. The summed E-state index contributed by atoms with van der Waals surface area (Å²) in [5.41, 5.74) is 12.8. The van der Waals surface area contributed by atoms with E-state index in [1.54, 1.807) is 0 Å². The second-order valence-corrected chi connectivity index (χ2v) is 12.6. The second kappa shape index (κ2) is 9.19. The van der Waals surface area contributed by atoms with Crippen LogP contribution in [0.2, 0.25) is 0 Å². The molecule has 7 aromatic rings. The van der Waals surface area contributed by atoms with E-state index in [0.29, 0.717) is 0 Å². The number of nitrogens with one attached hydrogen (secondary N) is 1. The molecule has 1 aliphatic rings. The van der Waals surface area contributed by atoms with E-state index in [1.807, 2.05) is 11.3 Å². The van der Waals surface area contributed by atoms with Crippen LogP contribution in [0.1, 0.15) is 25.0 Å². The van der Waals surface area contributed by atoms with Crippen LogP contribution in [0.15, 0.2) is 133 Å². The van der Waals surface area contributed by atoms with Gasteiger partial charge in [-0.15, -0.1) is 11.3 Å². The smallest absolute Gasteiger partial charge is 0.0391 e. The summed E-state index contributed by atoms with van der Waals surface area (Å²) in [6, 6.07) is 48.6. The van der Waals surface area contributed by atoms with Crippen LogP contribution in [0.4, 0.5) is 11.4 Å². The lowest BCUT2D eigenvalue weighted by Crippen LogP contribution is -2.14. The third-order valence-electron chi connectivity index (χ3n) is 8.67. The average Bonchev–Trinajstić information content (AvgIpc) is 3.50. The number of rotatable bonds is 4. The van der Waals surface area contributed by atoms with Gasteiger partial charge in [0.15, 0.2) is 0 Å². The first-order valence-corrected chi connectivity index (χ1v) is 15.0. The van der Waals surface area contributed by atoms with E-state index in [0.717, 1.165) is 11.4 Å². The average molecular weight is 544 g/mol. The highest BCUT2D eigenvalue weighted by Crippen LogP contribution is 2.50. The fourth-order valence-electron chi connectivity index (χ4n) is 6.56. The summed E-state index contributed by atoms with van der Waals surface area (Å²) >= 11 is 1.87. The summed E-state index contributed by atoms with van der Waals surface area (Å²) in [4.78, 5) is 0. The molecule has 2 heteroatoms. The van der Waals surface area contributed by atoms with E-state index in [4.69, 9.17) is 0 Å². The van der Waals surface area contributed by atoms with Crippen LogP contribution in [0, 0.1) is 0 Å². The summed E-state index contributed by atoms with van der Waals surface area (Å²) in [5.74, 6) is 0. The minimum atomic E-state index is -0.0142. The van der Waals surface area contributed by atoms with Crippen molar-refractivity contribution in [2.75, 3.05) is 5.32 Å². The first-order valence-electron chi connectivity index (χ1n) is 14.2. The monoisotopic (exact) mass is 543 g/mol. The maximum Gasteiger partial charge on any atom is 0.0391 e. The van der Waals surface area contributed by atoms with E-state index in [1.165, 1.54) is 64.7 Å². The topological polar surface area (TPSA) is 12.0 Å². The molecular formula is C39H29NS. The zero-order valence-corrected chi connectivity index (χ0v) is 23.9. The Kier molecular flexibility index (Phi) is 5.42. The maximum atomic E-state index is 3.65. The third kappa shape index (κ3) is 3.90. The van der Waals surface area contributed by atoms with Crippen molar-refractivity contribution in [2.24, 2.45) is 0 Å². The third-order valence-corrected chi connectivity index (χ3v) is 9.81. The number of thiophene rings is 1. The summed E-state index contributed by atoms with van der Waals surface area (Å²) < 4.78 is 2.64. The van der Waals surface area contributed by atoms with Gasteiger partial charge in [-0.25, -0.2) is 0 Å². The van der Waals surface area contributed by atoms with Crippen molar-refractivity contribution in [3.05, 3.63) is 145 Å². The summed E-state index contributed by atoms with van der Waals surface area (Å²) in [5, 5.41) is 6.29. The Morgan fingerprint density at radius 1 is 0.488 bits per heavy atom. The molecular weight excluding hydrogens is 515 g/mol. The Bertz CT molecular complexity index is 2080. The van der Waals surface area contributed by atoms with Crippen LogP contribution in [-0.4, -0.2) is 0 Å². The predicted molar refractivity (Wildman–Crippen MR) is 177 cm³/mol. The van der Waals surface area contributed by atoms with Gasteiger partial charge in [0.1, 0.15) is 0 Å². The number of fused-ring (bicyclic) bond motifs is 6. The van der Waals surface area contributed by atoms with E-state index in [2.05, 4.69) is 153 Å². The second-order valence-electron chi connectivity index (χ2n) is 11.5. The largest absolute Gasteiger partial charge is 0.356 e. The van der Waals surface area contributed by atoms with E-state index in [-0.39, 0.29) is 5.41 Å². The molecule has 1 aliphatic carbocycles. The van der Waals surface area contributed by atoms with Crippen LogP contribution in [-0.2, 0) is 5.41 Å². The minimum Gasteiger partial charge on any atom is -0.356 e. The molecule has 0 unspecified atom stereocenters. The van der Waals surface area contributed by atoms with Crippen molar-refractivity contribution in [3.63, 3.8) is 0 Å². The molecule has 196 valence electrons. The van der Waals surface area contributed by atoms with Gasteiger partial charge in [-0.3, -0.25) is 0 Å². The molecule has 0 saturated heterocycles. The van der Waals surface area contributed by atoms with Gasteiger partial charge < -0.3 is 5.32 Å². The molecule has 0 aliphatic heterocycles. The molecule has 41 heavy (non-hydrogen) atoms. The van der Waals surface area contributed by atoms with Gasteiger partial charge in [-0.1, -0.05) is 105 Å². The number of anilines is 2. The molecule has 1 N–H and O–H groups in total. The fraction of sp³-hybridized carbons (Fsp3) is 0.0769. The Morgan fingerprint density at radius 3 is 2.02 bits per heavy atom. The van der Waals surface area contributed by atoms with E-state index < -0.39 is 0 Å². The van der Waals surface area contributed by atoms with Crippen molar-refractivity contribution in [3.8, 4) is 33.4 Å². The van der Waals surface area contributed by atoms with E-state index >= 15 is 0 Å². The highest BCUT2D eigenvalue weighted by atomic mass is 32.1. The quantitative estimate of drug-likeness (QED) is 0.233. The molecule has 1 heterocycles. The summed E-state index contributed by atoms with van der Waals surface area (Å²) in [6.45, 7) is 4.71. The first kappa shape index (κ1) is 24.2. The van der Waals surface area contributed by atoms with Crippen LogP contribution in [0.5, 0.6) is 0 Å². The van der Waals surface area contributed by atoms with Gasteiger partial charge in [0.25, 0.3) is 0 Å². The Balaban J connectivity index is 1.19. The van der Waals surface area contributed by atoms with Gasteiger partial charge in [0.05, 0.1) is 0 Å². The van der Waals surface area contributed by atoms with Crippen molar-refractivity contribution in [1.29, 1.82) is 0 Å². The normalized spacial score (nSPS) is 13.3. The van der Waals surface area contributed by atoms with Crippen LogP contribution in [0.25, 0.3) is 53.6 Å². The number of hydrogen-bond acceptors (Lipinski definition) is 2. The Morgan fingerprint density at radius 2 is 1.17 bits per heavy atom. The van der Waals surface area contributed by atoms with Crippen molar-refractivity contribution in [1.82, 2.24) is 0 Å². The highest BCUT2D eigenvalue weighted by Gasteiger charge is 2.35. The molecule has 0 spiro atoms. The van der Waals surface area contributed by atoms with Gasteiger partial charge in [0, 0.05) is 37.0 Å². The van der Waals surface area contributed by atoms with Crippen LogP contribution >= 0.6 is 11.3 Å². The van der Waals surface area contributed by atoms with Gasteiger partial charge in [-0.05, 0) is 87.0 Å². The van der Waals surface area contributed by atoms with Crippen molar-refractivity contribution >= 4 is 42.9 Å². The van der Waals surface area contributed by atoms with Crippen molar-refractivity contribution in [2.45, 2.75) is 19.3 Å². The predicted octanol–water partition coefficient (Wildman–Crippen LogP) is 11.4. The lowest BCUT2D eigenvalue weighted by molar-refractivity contribution is 0.660. The Labute approximate surface area is 244 Å². The standard InChI is InChI=1S/C39H29NS/c1-39(2)34-13-7-6-11-31(34)32-21-17-27(23-35(32)39)30-12-8-14-37-38(30)33-24-29(20-22-36(33)41-37)40-28-18-15-26(16-19-28)25-9-4-3-5-10-25/h3-24,40H,1-2H3. The SMILES string of the molecule is CC1(C)c2ccccc2-c2ccc(-c3cccc4sc5ccc(Nc6ccc(-c7ccccc7)cc6)cc5c34)cc21. The molecule has 0 saturated carbocycles. The maximum absolute atomic E-state index is 3.65. The molecule has 1 aromatic heterocycles. The van der Waals surface area contributed by atoms with Crippen LogP contribution in [0.3, 0.4) is 0 Å². The molecule has 6 aromatic carbocycles. The number of hydrogen-bond donors (Lipinski definition) is 1. The van der Waals surface area contributed by atoms with Gasteiger partial charge >= 0.3 is 0 Å². The summed E-state index contributed by atoms with van der Waals surface area (Å²) in [7, 11) is 0. The van der Waals surface area contributed by atoms with E-state index in [9.17, 15) is 0 Å². The molecule has 1 nitrogen and oxygen atoms in total. The molecule has 8 rings (SSSR count). The zero-order valence-electron chi connectivity index (χ0n) is 23.1. The lowest BCUT2D eigenvalue weighted by Gasteiger charge is -2.22. The van der Waals surface area contributed by atoms with Crippen LogP contribution < -0.4 is 5.32 Å². The minimum absolute atomic E-state index is 0.0142. The molecule has 0 atom stereocenters. The number of benzene rings is 6. The molecule has 0 bridgehead atoms. The van der Waals surface area contributed by atoms with Gasteiger partial charge in [0.2, 0.25) is 0 Å². The molecule has 0 amide bonds.